The summed E-state index contributed by atoms with van der Waals surface area (Å²) in [7, 11) is 0.00840. The molecule has 434 valence electrons. The number of benzene rings is 9. The van der Waals surface area contributed by atoms with Crippen molar-refractivity contribution in [3.8, 4) is 0 Å². The number of fused-ring (bicyclic) bond motifs is 8. The second-order valence-electron chi connectivity index (χ2n) is 22.6. The van der Waals surface area contributed by atoms with Crippen molar-refractivity contribution in [2.75, 3.05) is 23.9 Å². The fourth-order valence-corrected chi connectivity index (χ4v) is 13.3. The van der Waals surface area contributed by atoms with E-state index < -0.39 is 20.2 Å². The number of aromatic nitrogens is 2. The second-order valence-corrected chi connectivity index (χ2v) is 25.4. The summed E-state index contributed by atoms with van der Waals surface area (Å²) in [6, 6.07) is 64.0. The zero-order chi connectivity index (χ0) is 60.7. The Morgan fingerprint density at radius 1 is 0.465 bits per heavy atom. The fourth-order valence-electron chi connectivity index (χ4n) is 12.3. The molecule has 86 heavy (non-hydrogen) atoms. The van der Waals surface area contributed by atoms with Gasteiger partial charge in [0, 0.05) is 47.7 Å². The number of rotatable bonds is 10. The average molecular weight is 1180 g/mol. The molecule has 0 bridgehead atoms. The van der Waals surface area contributed by atoms with Gasteiger partial charge in [-0.1, -0.05) is 157 Å². The third-order valence-corrected chi connectivity index (χ3v) is 18.5. The molecule has 0 amide bonds. The predicted octanol–water partition coefficient (Wildman–Crippen LogP) is 14.0. The van der Waals surface area contributed by atoms with Crippen LogP contribution in [0, 0.1) is 13.8 Å². The highest BCUT2D eigenvalue weighted by Gasteiger charge is 2.43. The minimum absolute atomic E-state index is 0.178. The van der Waals surface area contributed by atoms with Gasteiger partial charge in [0.2, 0.25) is 11.2 Å². The lowest BCUT2D eigenvalue weighted by Gasteiger charge is -2.30. The smallest absolute Gasteiger partial charge is 0.373 e. The van der Waals surface area contributed by atoms with Crippen LogP contribution in [0.5, 0.6) is 0 Å². The van der Waals surface area contributed by atoms with Crippen LogP contribution in [0.1, 0.15) is 59.0 Å². The van der Waals surface area contributed by atoms with Crippen molar-refractivity contribution >= 4 is 87.5 Å². The predicted molar refractivity (Wildman–Crippen MR) is 341 cm³/mol. The summed E-state index contributed by atoms with van der Waals surface area (Å²) in [6.07, 6.45) is 14.8. The molecular weight excluding hydrogens is 1110 g/mol. The van der Waals surface area contributed by atoms with Crippen molar-refractivity contribution in [2.24, 2.45) is 14.1 Å². The Morgan fingerprint density at radius 2 is 0.814 bits per heavy atom. The van der Waals surface area contributed by atoms with Gasteiger partial charge >= 0.3 is 11.8 Å². The monoisotopic (exact) mass is 1180 g/mol. The minimum atomic E-state index is -4.27. The van der Waals surface area contributed by atoms with E-state index in [1.54, 1.807) is 24.3 Å². The van der Waals surface area contributed by atoms with E-state index in [2.05, 4.69) is 243 Å². The summed E-state index contributed by atoms with van der Waals surface area (Å²) in [5, 5.41) is 4.79. The summed E-state index contributed by atoms with van der Waals surface area (Å²) in [4.78, 5) is 4.35. The highest BCUT2D eigenvalue weighted by molar-refractivity contribution is 7.86. The molecule has 2 atom stereocenters. The number of oxazole rings is 2. The quantitative estimate of drug-likeness (QED) is 0.0954. The highest BCUT2D eigenvalue weighted by Crippen LogP contribution is 2.51. The molecule has 11 aromatic rings. The summed E-state index contributed by atoms with van der Waals surface area (Å²) < 4.78 is 79.4. The van der Waals surface area contributed by atoms with Crippen molar-refractivity contribution in [3.05, 3.63) is 275 Å². The number of allylic oxidation sites excluding steroid dienone is 6. The van der Waals surface area contributed by atoms with Crippen molar-refractivity contribution in [1.82, 2.24) is 0 Å². The van der Waals surface area contributed by atoms with Gasteiger partial charge in [0.15, 0.2) is 0 Å². The maximum absolute atomic E-state index is 10.4. The molecule has 2 aliphatic heterocycles. The second kappa shape index (κ2) is 23.4. The topological polar surface area (TPSA) is 155 Å². The van der Waals surface area contributed by atoms with E-state index >= 15 is 0 Å². The van der Waals surface area contributed by atoms with Crippen LogP contribution in [0.25, 0.3) is 55.9 Å². The first-order chi connectivity index (χ1) is 41.1. The number of likely N-dealkylation sites (N-methyl/N-ethyl adjacent to an activating group) is 2. The van der Waals surface area contributed by atoms with Gasteiger partial charge < -0.3 is 27.7 Å². The molecule has 9 aromatic carbocycles. The molecule has 0 spiro atoms. The summed E-state index contributed by atoms with van der Waals surface area (Å²) in [5.74, 6) is 1.62. The third kappa shape index (κ3) is 11.4. The molecule has 0 radical (unpaired) electrons. The number of hydrogen-bond donors (Lipinski definition) is 0. The normalized spacial score (nSPS) is 17.7. The van der Waals surface area contributed by atoms with E-state index in [1.165, 1.54) is 90.8 Å². The first-order valence-corrected chi connectivity index (χ1v) is 31.1. The van der Waals surface area contributed by atoms with Crippen LogP contribution < -0.4 is 18.9 Å². The van der Waals surface area contributed by atoms with Crippen LogP contribution in [-0.2, 0) is 58.0 Å². The highest BCUT2D eigenvalue weighted by atomic mass is 32.2. The molecule has 0 N–H and O–H groups in total. The average Bonchev–Trinajstić information content (AvgIpc) is 1.73. The van der Waals surface area contributed by atoms with Gasteiger partial charge in [-0.25, -0.2) is 16.8 Å². The van der Waals surface area contributed by atoms with Crippen LogP contribution in [0.4, 0.5) is 11.4 Å². The van der Waals surface area contributed by atoms with E-state index in [-0.39, 0.29) is 20.6 Å². The maximum atomic E-state index is 10.4. The molecule has 0 saturated carbocycles. The van der Waals surface area contributed by atoms with Crippen molar-refractivity contribution in [2.45, 2.75) is 61.2 Å². The van der Waals surface area contributed by atoms with Crippen LogP contribution in [0.3, 0.4) is 0 Å². The zero-order valence-corrected chi connectivity index (χ0v) is 50.9. The van der Waals surface area contributed by atoms with Crippen LogP contribution in [-0.4, -0.2) is 40.0 Å². The van der Waals surface area contributed by atoms with Crippen LogP contribution >= 0.6 is 0 Å². The van der Waals surface area contributed by atoms with Gasteiger partial charge in [-0.05, 0) is 146 Å². The third-order valence-electron chi connectivity index (χ3n) is 16.8. The van der Waals surface area contributed by atoms with Crippen molar-refractivity contribution in [3.63, 3.8) is 0 Å². The zero-order valence-electron chi connectivity index (χ0n) is 49.2. The molecular formula is C72H66N4O8S2. The van der Waals surface area contributed by atoms with E-state index in [0.29, 0.717) is 0 Å². The van der Waals surface area contributed by atoms with Crippen molar-refractivity contribution in [1.29, 1.82) is 0 Å². The standard InChI is InChI=1S/C58H52N4O2.2C7H8O3S/c1-57(45-21-11-13-23-47(45)59(3)51(57)25-15-27-53-61(5)55-43-19-9-7-17-41(43)33-35-49(55)63-53)37-39-29-31-40(32-30-39)38-58(2)46-22-12-14-24-48(46)60(4)52(58)26-16-28-54-62(6)56-44-20-10-8-18-42(44)34-36-50(56)64-54;2*1-6-2-4-7(5-3-6)11(8,9)10/h7-36H,37-38H2,1-6H3;2*2-5H,1H3,(H,8,9,10)/q+2;;/p-2. The molecule has 14 heteroatoms. The molecule has 13 rings (SSSR count). The summed E-state index contributed by atoms with van der Waals surface area (Å²) >= 11 is 0. The number of aryl methyl sites for hydroxylation is 4. The first-order valence-electron chi connectivity index (χ1n) is 28.3. The Kier molecular flexibility index (Phi) is 15.9. The van der Waals surface area contributed by atoms with Crippen LogP contribution in [0.15, 0.2) is 248 Å². The molecule has 2 unspecified atom stereocenters. The number of hydrogen-bond acceptors (Lipinski definition) is 10. The van der Waals surface area contributed by atoms with Gasteiger partial charge in [-0.3, -0.25) is 0 Å². The van der Waals surface area contributed by atoms with E-state index in [9.17, 15) is 25.9 Å². The Labute approximate surface area is 502 Å². The molecule has 0 fully saturated rings. The minimum Gasteiger partial charge on any atom is -0.744 e. The molecule has 12 nitrogen and oxygen atoms in total. The number of nitrogens with zero attached hydrogens (tertiary/aromatic N) is 4. The lowest BCUT2D eigenvalue weighted by molar-refractivity contribution is -0.651. The summed E-state index contributed by atoms with van der Waals surface area (Å²) in [6.45, 7) is 8.42. The maximum Gasteiger partial charge on any atom is 0.373 e. The Hall–Kier alpha value is -9.18. The molecule has 0 aliphatic carbocycles. The van der Waals surface area contributed by atoms with Crippen molar-refractivity contribution < 1.29 is 43.9 Å². The van der Waals surface area contributed by atoms with Gasteiger partial charge in [-0.15, -0.1) is 0 Å². The first kappa shape index (κ1) is 58.6. The van der Waals surface area contributed by atoms with Gasteiger partial charge in [0.1, 0.15) is 34.3 Å². The van der Waals surface area contributed by atoms with E-state index in [1.807, 2.05) is 13.8 Å². The fraction of sp³-hybridized carbons (Fsp3) is 0.167. The van der Waals surface area contributed by atoms with Crippen LogP contribution in [0.2, 0.25) is 0 Å². The lowest BCUT2D eigenvalue weighted by Crippen LogP contribution is -2.30. The summed E-state index contributed by atoms with van der Waals surface area (Å²) in [5.41, 5.74) is 15.6. The van der Waals surface area contributed by atoms with Gasteiger partial charge in [0.25, 0.3) is 11.0 Å². The van der Waals surface area contributed by atoms with Gasteiger partial charge in [0.05, 0.1) is 32.7 Å². The van der Waals surface area contributed by atoms with E-state index in [0.717, 1.165) is 57.9 Å². The molecule has 4 heterocycles. The largest absolute Gasteiger partial charge is 0.744 e. The van der Waals surface area contributed by atoms with E-state index in [4.69, 9.17) is 8.83 Å². The number of para-hydroxylation sites is 2. The van der Waals surface area contributed by atoms with Gasteiger partial charge in [-0.2, -0.15) is 9.13 Å². The SMILES string of the molecule is CN1C(=CC=Cc2oc3ccc4ccccc4c3[n+]2C)C(C)(Cc2ccc(CC3(C)C(=CC=Cc4oc5ccc6ccccc6c5[n+]4C)N(C)c4ccccc43)cc2)c2ccccc21.Cc1ccc(S(=O)(=O)[O-])cc1.Cc1ccc(S(=O)(=O)[O-])cc1. The molecule has 2 aromatic heterocycles. The molecule has 0 saturated heterocycles. The Balaban J connectivity index is 0.000000293. The lowest BCUT2D eigenvalue weighted by atomic mass is 9.75. The Morgan fingerprint density at radius 3 is 1.19 bits per heavy atom. The molecule has 2 aliphatic rings. The number of anilines is 2. The Bertz CT molecular complexity index is 4450.